The summed E-state index contributed by atoms with van der Waals surface area (Å²) in [4.78, 5) is 26.1. The van der Waals surface area contributed by atoms with Crippen molar-refractivity contribution >= 4 is 33.4 Å². The smallest absolute Gasteiger partial charge is 0.227 e. The van der Waals surface area contributed by atoms with E-state index in [0.717, 1.165) is 23.0 Å². The first-order chi connectivity index (χ1) is 10.1. The quantitative estimate of drug-likeness (QED) is 0.911. The lowest BCUT2D eigenvalue weighted by Crippen LogP contribution is -2.38. The number of halogens is 1. The van der Waals surface area contributed by atoms with Gasteiger partial charge in [-0.05, 0) is 37.1 Å². The van der Waals surface area contributed by atoms with Crippen LogP contribution in [0.1, 0.15) is 32.1 Å². The number of amides is 2. The topological polar surface area (TPSA) is 49.4 Å². The van der Waals surface area contributed by atoms with Crippen LogP contribution in [0.25, 0.3) is 0 Å². The standard InChI is InChI=1S/C16H19BrN2O2/c17-12-5-7-14(8-6-12)19-10-11(9-15(19)20)16(21)18-13-3-1-2-4-13/h5-8,11,13H,1-4,9-10H2,(H,18,21)/t11-/m0/s1. The van der Waals surface area contributed by atoms with Gasteiger partial charge in [0.2, 0.25) is 11.8 Å². The molecule has 1 aromatic carbocycles. The Balaban J connectivity index is 1.63. The van der Waals surface area contributed by atoms with Crippen LogP contribution in [0.5, 0.6) is 0 Å². The van der Waals surface area contributed by atoms with Crippen molar-refractivity contribution in [3.8, 4) is 0 Å². The van der Waals surface area contributed by atoms with Crippen LogP contribution in [0, 0.1) is 5.92 Å². The molecule has 1 saturated heterocycles. The van der Waals surface area contributed by atoms with Gasteiger partial charge in [-0.1, -0.05) is 28.8 Å². The van der Waals surface area contributed by atoms with E-state index in [4.69, 9.17) is 0 Å². The fourth-order valence-electron chi connectivity index (χ4n) is 3.14. The minimum Gasteiger partial charge on any atom is -0.353 e. The molecule has 112 valence electrons. The van der Waals surface area contributed by atoms with Gasteiger partial charge in [0.25, 0.3) is 0 Å². The first kappa shape index (κ1) is 14.6. The fraction of sp³-hybridized carbons (Fsp3) is 0.500. The van der Waals surface area contributed by atoms with Crippen molar-refractivity contribution < 1.29 is 9.59 Å². The molecular formula is C16H19BrN2O2. The van der Waals surface area contributed by atoms with E-state index in [-0.39, 0.29) is 17.7 Å². The molecule has 5 heteroatoms. The maximum Gasteiger partial charge on any atom is 0.227 e. The van der Waals surface area contributed by atoms with Crippen LogP contribution in [-0.2, 0) is 9.59 Å². The number of benzene rings is 1. The largest absolute Gasteiger partial charge is 0.353 e. The third kappa shape index (κ3) is 3.28. The maximum absolute atomic E-state index is 12.3. The number of carbonyl (C=O) groups excluding carboxylic acids is 2. The lowest BCUT2D eigenvalue weighted by atomic mass is 10.1. The molecule has 1 N–H and O–H groups in total. The summed E-state index contributed by atoms with van der Waals surface area (Å²) < 4.78 is 0.980. The van der Waals surface area contributed by atoms with E-state index in [1.54, 1.807) is 4.90 Å². The molecule has 0 unspecified atom stereocenters. The highest BCUT2D eigenvalue weighted by Crippen LogP contribution is 2.27. The van der Waals surface area contributed by atoms with Gasteiger partial charge in [0.15, 0.2) is 0 Å². The van der Waals surface area contributed by atoms with Crippen LogP contribution in [0.15, 0.2) is 28.7 Å². The minimum absolute atomic E-state index is 0.0314. The van der Waals surface area contributed by atoms with Crippen molar-refractivity contribution in [1.82, 2.24) is 5.32 Å². The van der Waals surface area contributed by atoms with Crippen LogP contribution < -0.4 is 10.2 Å². The predicted octanol–water partition coefficient (Wildman–Crippen LogP) is 2.86. The van der Waals surface area contributed by atoms with E-state index in [2.05, 4.69) is 21.2 Å². The van der Waals surface area contributed by atoms with Gasteiger partial charge < -0.3 is 10.2 Å². The second-order valence-corrected chi connectivity index (χ2v) is 6.79. The zero-order valence-corrected chi connectivity index (χ0v) is 13.4. The summed E-state index contributed by atoms with van der Waals surface area (Å²) in [6.45, 7) is 0.485. The Morgan fingerprint density at radius 2 is 1.86 bits per heavy atom. The van der Waals surface area contributed by atoms with Crippen molar-refractivity contribution in [3.05, 3.63) is 28.7 Å². The SMILES string of the molecule is O=C(NC1CCCC1)[C@H]1CC(=O)N(c2ccc(Br)cc2)C1. The van der Waals surface area contributed by atoms with E-state index in [1.807, 2.05) is 24.3 Å². The Hall–Kier alpha value is -1.36. The molecule has 0 radical (unpaired) electrons. The Morgan fingerprint density at radius 3 is 2.52 bits per heavy atom. The van der Waals surface area contributed by atoms with Crippen molar-refractivity contribution in [1.29, 1.82) is 0 Å². The molecule has 1 heterocycles. The number of carbonyl (C=O) groups is 2. The number of rotatable bonds is 3. The Labute approximate surface area is 133 Å². The number of anilines is 1. The summed E-state index contributed by atoms with van der Waals surface area (Å²) in [7, 11) is 0. The third-order valence-corrected chi connectivity index (χ3v) is 4.86. The summed E-state index contributed by atoms with van der Waals surface area (Å²) in [6.07, 6.45) is 4.85. The normalized spacial score (nSPS) is 22.8. The Kier molecular flexibility index (Phi) is 4.29. The molecule has 1 atom stereocenters. The van der Waals surface area contributed by atoms with Gasteiger partial charge in [0.1, 0.15) is 0 Å². The molecule has 1 saturated carbocycles. The molecule has 2 aliphatic rings. The van der Waals surface area contributed by atoms with E-state index in [9.17, 15) is 9.59 Å². The first-order valence-corrected chi connectivity index (χ1v) is 8.29. The molecule has 0 bridgehead atoms. The average molecular weight is 351 g/mol. The Morgan fingerprint density at radius 1 is 1.19 bits per heavy atom. The van der Waals surface area contributed by atoms with Gasteiger partial charge in [-0.25, -0.2) is 0 Å². The minimum atomic E-state index is -0.221. The molecular weight excluding hydrogens is 332 g/mol. The van der Waals surface area contributed by atoms with Crippen molar-refractivity contribution in [2.75, 3.05) is 11.4 Å². The highest BCUT2D eigenvalue weighted by Gasteiger charge is 2.35. The predicted molar refractivity (Wildman–Crippen MR) is 85.0 cm³/mol. The van der Waals surface area contributed by atoms with Crippen LogP contribution in [0.4, 0.5) is 5.69 Å². The van der Waals surface area contributed by atoms with Crippen LogP contribution in [0.3, 0.4) is 0 Å². The maximum atomic E-state index is 12.3. The summed E-state index contributed by atoms with van der Waals surface area (Å²) in [5.41, 5.74) is 0.861. The molecule has 2 fully saturated rings. The number of nitrogens with zero attached hydrogens (tertiary/aromatic N) is 1. The summed E-state index contributed by atoms with van der Waals surface area (Å²) >= 11 is 3.39. The second-order valence-electron chi connectivity index (χ2n) is 5.87. The van der Waals surface area contributed by atoms with Crippen LogP contribution >= 0.6 is 15.9 Å². The average Bonchev–Trinajstić information content (AvgIpc) is 3.09. The molecule has 0 aromatic heterocycles. The third-order valence-electron chi connectivity index (χ3n) is 4.34. The second kappa shape index (κ2) is 6.18. The zero-order valence-electron chi connectivity index (χ0n) is 11.8. The monoisotopic (exact) mass is 350 g/mol. The lowest BCUT2D eigenvalue weighted by Gasteiger charge is -2.18. The molecule has 3 rings (SSSR count). The first-order valence-electron chi connectivity index (χ1n) is 7.50. The molecule has 1 aromatic rings. The molecule has 1 aliphatic carbocycles. The van der Waals surface area contributed by atoms with Crippen molar-refractivity contribution in [2.45, 2.75) is 38.1 Å². The zero-order chi connectivity index (χ0) is 14.8. The van der Waals surface area contributed by atoms with Crippen LogP contribution in [-0.4, -0.2) is 24.4 Å². The fourth-order valence-corrected chi connectivity index (χ4v) is 3.41. The molecule has 2 amide bonds. The van der Waals surface area contributed by atoms with Crippen molar-refractivity contribution in [3.63, 3.8) is 0 Å². The number of hydrogen-bond acceptors (Lipinski definition) is 2. The number of nitrogens with one attached hydrogen (secondary N) is 1. The van der Waals surface area contributed by atoms with Gasteiger partial charge in [-0.15, -0.1) is 0 Å². The summed E-state index contributed by atoms with van der Waals surface area (Å²) in [5.74, 6) is -0.152. The van der Waals surface area contributed by atoms with E-state index < -0.39 is 0 Å². The summed E-state index contributed by atoms with van der Waals surface area (Å²) in [6, 6.07) is 7.94. The van der Waals surface area contributed by atoms with Gasteiger partial charge in [0.05, 0.1) is 5.92 Å². The molecule has 4 nitrogen and oxygen atoms in total. The van der Waals surface area contributed by atoms with Gasteiger partial charge in [0, 0.05) is 29.2 Å². The van der Waals surface area contributed by atoms with E-state index in [1.165, 1.54) is 12.8 Å². The van der Waals surface area contributed by atoms with Gasteiger partial charge in [-0.2, -0.15) is 0 Å². The van der Waals surface area contributed by atoms with Gasteiger partial charge >= 0.3 is 0 Å². The van der Waals surface area contributed by atoms with Crippen molar-refractivity contribution in [2.24, 2.45) is 5.92 Å². The molecule has 1 aliphatic heterocycles. The molecule has 21 heavy (non-hydrogen) atoms. The lowest BCUT2D eigenvalue weighted by molar-refractivity contribution is -0.126. The Bertz CT molecular complexity index is 538. The van der Waals surface area contributed by atoms with E-state index in [0.29, 0.717) is 19.0 Å². The van der Waals surface area contributed by atoms with Gasteiger partial charge in [-0.3, -0.25) is 9.59 Å². The summed E-state index contributed by atoms with van der Waals surface area (Å²) in [5, 5.41) is 3.10. The van der Waals surface area contributed by atoms with Crippen LogP contribution in [0.2, 0.25) is 0 Å². The number of hydrogen-bond donors (Lipinski definition) is 1. The highest BCUT2D eigenvalue weighted by atomic mass is 79.9. The molecule has 0 spiro atoms. The van der Waals surface area contributed by atoms with E-state index >= 15 is 0 Å². The highest BCUT2D eigenvalue weighted by molar-refractivity contribution is 9.10.